The Morgan fingerprint density at radius 2 is 1.88 bits per heavy atom. The van der Waals surface area contributed by atoms with Gasteiger partial charge in [0.2, 0.25) is 11.8 Å². The quantitative estimate of drug-likeness (QED) is 0.809. The molecule has 0 aromatic heterocycles. The molecule has 0 aliphatic carbocycles. The molecule has 6 nitrogen and oxygen atoms in total. The summed E-state index contributed by atoms with van der Waals surface area (Å²) in [6, 6.07) is 5.53. The molecule has 1 aliphatic rings. The number of carbonyl (C=O) groups is 2. The van der Waals surface area contributed by atoms with Crippen molar-refractivity contribution in [1.29, 1.82) is 0 Å². The van der Waals surface area contributed by atoms with E-state index in [-0.39, 0.29) is 30.4 Å². The van der Waals surface area contributed by atoms with Gasteiger partial charge in [0.05, 0.1) is 12.6 Å². The second kappa shape index (κ2) is 9.03. The number of nitrogens with zero attached hydrogens (tertiary/aromatic N) is 1. The fourth-order valence-electron chi connectivity index (χ4n) is 2.90. The monoisotopic (exact) mass is 361 g/mol. The van der Waals surface area contributed by atoms with Crippen LogP contribution in [0.25, 0.3) is 0 Å². The first kappa shape index (κ1) is 20.2. The normalized spacial score (nSPS) is 16.5. The molecule has 1 aliphatic heterocycles. The van der Waals surface area contributed by atoms with Crippen LogP contribution in [-0.2, 0) is 9.59 Å². The van der Waals surface area contributed by atoms with E-state index in [4.69, 9.17) is 10.5 Å². The van der Waals surface area contributed by atoms with E-state index in [1.165, 1.54) is 11.1 Å². The van der Waals surface area contributed by atoms with Gasteiger partial charge in [-0.3, -0.25) is 9.59 Å². The van der Waals surface area contributed by atoms with Crippen molar-refractivity contribution in [2.45, 2.75) is 52.7 Å². The SMILES string of the molecule is Cc1ccc(OC2CCN(C(=O)CNC(=O)[C@@H](N)C(C)C)CC2)cc1C. The van der Waals surface area contributed by atoms with Gasteiger partial charge in [-0.1, -0.05) is 19.9 Å². The zero-order valence-electron chi connectivity index (χ0n) is 16.2. The second-order valence-corrected chi connectivity index (χ2v) is 7.43. The third-order valence-corrected chi connectivity index (χ3v) is 5.01. The maximum atomic E-state index is 12.3. The molecule has 3 N–H and O–H groups in total. The van der Waals surface area contributed by atoms with E-state index in [0.717, 1.165) is 18.6 Å². The molecule has 1 aromatic carbocycles. The second-order valence-electron chi connectivity index (χ2n) is 7.43. The van der Waals surface area contributed by atoms with Crippen LogP contribution >= 0.6 is 0 Å². The van der Waals surface area contributed by atoms with E-state index in [1.807, 2.05) is 19.9 Å². The molecule has 0 spiro atoms. The van der Waals surface area contributed by atoms with Crippen molar-refractivity contribution in [2.24, 2.45) is 11.7 Å². The predicted molar refractivity (Wildman–Crippen MR) is 102 cm³/mol. The van der Waals surface area contributed by atoms with Gasteiger partial charge in [-0.2, -0.15) is 0 Å². The highest BCUT2D eigenvalue weighted by Crippen LogP contribution is 2.21. The minimum Gasteiger partial charge on any atom is -0.490 e. The van der Waals surface area contributed by atoms with E-state index in [1.54, 1.807) is 4.90 Å². The van der Waals surface area contributed by atoms with Crippen LogP contribution < -0.4 is 15.8 Å². The minimum atomic E-state index is -0.583. The number of nitrogens with one attached hydrogen (secondary N) is 1. The number of ether oxygens (including phenoxy) is 1. The average Bonchev–Trinajstić information content (AvgIpc) is 2.62. The molecule has 1 heterocycles. The molecular formula is C20H31N3O3. The number of amides is 2. The van der Waals surface area contributed by atoms with E-state index in [9.17, 15) is 9.59 Å². The minimum absolute atomic E-state index is 0.00192. The van der Waals surface area contributed by atoms with Crippen molar-refractivity contribution in [3.63, 3.8) is 0 Å². The van der Waals surface area contributed by atoms with E-state index in [2.05, 4.69) is 31.3 Å². The molecule has 0 radical (unpaired) electrons. The highest BCUT2D eigenvalue weighted by molar-refractivity contribution is 5.87. The Morgan fingerprint density at radius 3 is 2.46 bits per heavy atom. The van der Waals surface area contributed by atoms with Crippen molar-refractivity contribution in [3.8, 4) is 5.75 Å². The lowest BCUT2D eigenvalue weighted by molar-refractivity contribution is -0.134. The Morgan fingerprint density at radius 1 is 1.23 bits per heavy atom. The van der Waals surface area contributed by atoms with Gasteiger partial charge in [-0.05, 0) is 43.0 Å². The zero-order chi connectivity index (χ0) is 19.3. The standard InChI is InChI=1S/C20H31N3O3/c1-13(2)19(21)20(25)22-12-18(24)23-9-7-16(8-10-23)26-17-6-5-14(3)15(4)11-17/h5-6,11,13,16,19H,7-10,12,21H2,1-4H3,(H,22,25)/t19-/m0/s1. The summed E-state index contributed by atoms with van der Waals surface area (Å²) in [5.41, 5.74) is 8.24. The summed E-state index contributed by atoms with van der Waals surface area (Å²) in [4.78, 5) is 25.9. The van der Waals surface area contributed by atoms with Gasteiger partial charge in [0.1, 0.15) is 11.9 Å². The maximum absolute atomic E-state index is 12.3. The lowest BCUT2D eigenvalue weighted by Crippen LogP contribution is -2.49. The van der Waals surface area contributed by atoms with Gasteiger partial charge >= 0.3 is 0 Å². The van der Waals surface area contributed by atoms with Crippen molar-refractivity contribution >= 4 is 11.8 Å². The Kier molecular flexibility index (Phi) is 7.03. The predicted octanol–water partition coefficient (Wildman–Crippen LogP) is 1.77. The van der Waals surface area contributed by atoms with Crippen LogP contribution in [0.2, 0.25) is 0 Å². The first-order valence-electron chi connectivity index (χ1n) is 9.33. The lowest BCUT2D eigenvalue weighted by atomic mass is 10.1. The number of nitrogens with two attached hydrogens (primary N) is 1. The molecule has 0 bridgehead atoms. The smallest absolute Gasteiger partial charge is 0.241 e. The topological polar surface area (TPSA) is 84.7 Å². The molecule has 1 aromatic rings. The van der Waals surface area contributed by atoms with Crippen LogP contribution in [0.5, 0.6) is 5.75 Å². The average molecular weight is 361 g/mol. The zero-order valence-corrected chi connectivity index (χ0v) is 16.2. The number of carbonyl (C=O) groups excluding carboxylic acids is 2. The van der Waals surface area contributed by atoms with Crippen molar-refractivity contribution in [3.05, 3.63) is 29.3 Å². The number of rotatable bonds is 6. The molecule has 0 unspecified atom stereocenters. The summed E-state index contributed by atoms with van der Waals surface area (Å²) in [5.74, 6) is 0.580. The molecule has 1 atom stereocenters. The molecule has 1 saturated heterocycles. The van der Waals surface area contributed by atoms with E-state index >= 15 is 0 Å². The van der Waals surface area contributed by atoms with Crippen molar-refractivity contribution in [1.82, 2.24) is 10.2 Å². The Balaban J connectivity index is 1.76. The molecule has 144 valence electrons. The highest BCUT2D eigenvalue weighted by atomic mass is 16.5. The van der Waals surface area contributed by atoms with E-state index < -0.39 is 6.04 Å². The molecule has 2 amide bonds. The van der Waals surface area contributed by atoms with Crippen LogP contribution in [0.15, 0.2) is 18.2 Å². The summed E-state index contributed by atoms with van der Waals surface area (Å²) in [7, 11) is 0. The molecule has 1 fully saturated rings. The Labute approximate surface area is 156 Å². The Bertz CT molecular complexity index is 637. The first-order chi connectivity index (χ1) is 12.3. The lowest BCUT2D eigenvalue weighted by Gasteiger charge is -2.32. The summed E-state index contributed by atoms with van der Waals surface area (Å²) in [5, 5.41) is 2.64. The van der Waals surface area contributed by atoms with Gasteiger partial charge in [-0.15, -0.1) is 0 Å². The molecule has 0 saturated carbocycles. The van der Waals surface area contributed by atoms with Crippen LogP contribution in [0.1, 0.15) is 37.8 Å². The van der Waals surface area contributed by atoms with Crippen LogP contribution in [-0.4, -0.2) is 48.5 Å². The van der Waals surface area contributed by atoms with Crippen molar-refractivity contribution in [2.75, 3.05) is 19.6 Å². The highest BCUT2D eigenvalue weighted by Gasteiger charge is 2.25. The number of likely N-dealkylation sites (tertiary alicyclic amines) is 1. The van der Waals surface area contributed by atoms with Gasteiger partial charge in [-0.25, -0.2) is 0 Å². The maximum Gasteiger partial charge on any atom is 0.241 e. The van der Waals surface area contributed by atoms with E-state index in [0.29, 0.717) is 13.1 Å². The van der Waals surface area contributed by atoms with Crippen LogP contribution in [0, 0.1) is 19.8 Å². The van der Waals surface area contributed by atoms with Crippen LogP contribution in [0.3, 0.4) is 0 Å². The first-order valence-corrected chi connectivity index (χ1v) is 9.33. The van der Waals surface area contributed by atoms with Gasteiger partial charge in [0.25, 0.3) is 0 Å². The third kappa shape index (κ3) is 5.46. The number of aryl methyl sites for hydroxylation is 2. The summed E-state index contributed by atoms with van der Waals surface area (Å²) in [6.45, 7) is 9.20. The summed E-state index contributed by atoms with van der Waals surface area (Å²) < 4.78 is 6.05. The summed E-state index contributed by atoms with van der Waals surface area (Å²) >= 11 is 0. The molecule has 26 heavy (non-hydrogen) atoms. The van der Waals surface area contributed by atoms with Gasteiger partial charge in [0.15, 0.2) is 0 Å². The fraction of sp³-hybridized carbons (Fsp3) is 0.600. The molecular weight excluding hydrogens is 330 g/mol. The van der Waals surface area contributed by atoms with Crippen LogP contribution in [0.4, 0.5) is 0 Å². The van der Waals surface area contributed by atoms with Gasteiger partial charge < -0.3 is 20.7 Å². The van der Waals surface area contributed by atoms with Gasteiger partial charge in [0, 0.05) is 25.9 Å². The Hall–Kier alpha value is -2.08. The number of benzene rings is 1. The molecule has 2 rings (SSSR count). The number of piperidine rings is 1. The summed E-state index contributed by atoms with van der Waals surface area (Å²) in [6.07, 6.45) is 1.70. The number of hydrogen-bond acceptors (Lipinski definition) is 4. The fourth-order valence-corrected chi connectivity index (χ4v) is 2.90. The molecule has 6 heteroatoms. The van der Waals surface area contributed by atoms with Crippen molar-refractivity contribution < 1.29 is 14.3 Å². The largest absolute Gasteiger partial charge is 0.490 e. The third-order valence-electron chi connectivity index (χ3n) is 5.01. The number of hydrogen-bond donors (Lipinski definition) is 2.